The quantitative estimate of drug-likeness (QED) is 0.737. The van der Waals surface area contributed by atoms with Gasteiger partial charge in [0.2, 0.25) is 5.91 Å². The number of nitrogens with zero attached hydrogens (tertiary/aromatic N) is 1. The van der Waals surface area contributed by atoms with Gasteiger partial charge in [0.25, 0.3) is 0 Å². The number of carbonyl (C=O) groups excluding carboxylic acids is 1. The van der Waals surface area contributed by atoms with E-state index >= 15 is 0 Å². The monoisotopic (exact) mass is 224 g/mol. The van der Waals surface area contributed by atoms with Crippen molar-refractivity contribution in [3.63, 3.8) is 0 Å². The third-order valence-electron chi connectivity index (χ3n) is 4.54. The number of amides is 1. The summed E-state index contributed by atoms with van der Waals surface area (Å²) in [6.07, 6.45) is 5.54. The third kappa shape index (κ3) is 2.10. The molecule has 2 fully saturated rings. The number of carbonyl (C=O) groups is 1. The van der Waals surface area contributed by atoms with E-state index < -0.39 is 0 Å². The first-order valence-corrected chi connectivity index (χ1v) is 6.67. The number of hydrogen-bond acceptors (Lipinski definition) is 2. The summed E-state index contributed by atoms with van der Waals surface area (Å²) in [6, 6.07) is 0.506. The summed E-state index contributed by atoms with van der Waals surface area (Å²) in [7, 11) is 0. The van der Waals surface area contributed by atoms with Gasteiger partial charge in [-0.3, -0.25) is 4.79 Å². The fourth-order valence-electron chi connectivity index (χ4n) is 3.15. The standard InChI is InChI=1S/C13H24N2O/c1-9-5-4-8-15(10(9)2)13(16)11-6-3-7-12(11)14/h9-12H,3-8,14H2,1-2H3. The van der Waals surface area contributed by atoms with Crippen LogP contribution in [0.25, 0.3) is 0 Å². The first kappa shape index (κ1) is 11.9. The topological polar surface area (TPSA) is 46.3 Å². The maximum atomic E-state index is 12.4. The van der Waals surface area contributed by atoms with Crippen LogP contribution < -0.4 is 5.73 Å². The van der Waals surface area contributed by atoms with E-state index in [9.17, 15) is 4.79 Å². The average molecular weight is 224 g/mol. The number of likely N-dealkylation sites (tertiary alicyclic amines) is 1. The molecule has 1 amide bonds. The number of rotatable bonds is 1. The molecule has 4 unspecified atom stereocenters. The van der Waals surface area contributed by atoms with Gasteiger partial charge in [-0.1, -0.05) is 13.3 Å². The molecule has 0 radical (unpaired) electrons. The van der Waals surface area contributed by atoms with Crippen LogP contribution in [0.1, 0.15) is 46.0 Å². The van der Waals surface area contributed by atoms with Gasteiger partial charge in [0.15, 0.2) is 0 Å². The zero-order chi connectivity index (χ0) is 11.7. The van der Waals surface area contributed by atoms with Gasteiger partial charge in [-0.25, -0.2) is 0 Å². The Morgan fingerprint density at radius 2 is 1.94 bits per heavy atom. The lowest BCUT2D eigenvalue weighted by molar-refractivity contribution is -0.140. The Kier molecular flexibility index (Phi) is 3.53. The van der Waals surface area contributed by atoms with Crippen LogP contribution in [0.2, 0.25) is 0 Å². The molecule has 2 aliphatic rings. The molecule has 1 aliphatic carbocycles. The highest BCUT2D eigenvalue weighted by Crippen LogP contribution is 2.30. The molecule has 0 aromatic heterocycles. The minimum Gasteiger partial charge on any atom is -0.339 e. The maximum Gasteiger partial charge on any atom is 0.227 e. The van der Waals surface area contributed by atoms with E-state index in [0.29, 0.717) is 17.9 Å². The summed E-state index contributed by atoms with van der Waals surface area (Å²) < 4.78 is 0. The molecule has 1 saturated heterocycles. The van der Waals surface area contributed by atoms with Crippen molar-refractivity contribution in [1.29, 1.82) is 0 Å². The van der Waals surface area contributed by atoms with Gasteiger partial charge in [0.1, 0.15) is 0 Å². The Bertz CT molecular complexity index is 267. The normalized spacial score (nSPS) is 40.1. The number of hydrogen-bond donors (Lipinski definition) is 1. The smallest absolute Gasteiger partial charge is 0.227 e. The lowest BCUT2D eigenvalue weighted by Gasteiger charge is -2.39. The van der Waals surface area contributed by atoms with Crippen molar-refractivity contribution in [2.24, 2.45) is 17.6 Å². The highest BCUT2D eigenvalue weighted by Gasteiger charge is 2.37. The highest BCUT2D eigenvalue weighted by atomic mass is 16.2. The Balaban J connectivity index is 2.03. The van der Waals surface area contributed by atoms with E-state index in [4.69, 9.17) is 5.73 Å². The molecule has 2 rings (SSSR count). The molecule has 2 N–H and O–H groups in total. The molecule has 3 nitrogen and oxygen atoms in total. The molecular weight excluding hydrogens is 200 g/mol. The lowest BCUT2D eigenvalue weighted by Crippen LogP contribution is -2.50. The van der Waals surface area contributed by atoms with E-state index in [1.165, 1.54) is 6.42 Å². The Labute approximate surface area is 98.4 Å². The van der Waals surface area contributed by atoms with E-state index in [1.54, 1.807) is 0 Å². The second kappa shape index (κ2) is 4.74. The molecule has 0 bridgehead atoms. The van der Waals surface area contributed by atoms with Crippen molar-refractivity contribution >= 4 is 5.91 Å². The van der Waals surface area contributed by atoms with E-state index in [-0.39, 0.29) is 12.0 Å². The van der Waals surface area contributed by atoms with Crippen LogP contribution in [-0.2, 0) is 4.79 Å². The van der Waals surface area contributed by atoms with Gasteiger partial charge < -0.3 is 10.6 Å². The molecule has 1 saturated carbocycles. The SMILES string of the molecule is CC1CCCN(C(=O)C2CCCC2N)C1C. The highest BCUT2D eigenvalue weighted by molar-refractivity contribution is 5.80. The van der Waals surface area contributed by atoms with Crippen LogP contribution in [-0.4, -0.2) is 29.4 Å². The van der Waals surface area contributed by atoms with Crippen molar-refractivity contribution in [1.82, 2.24) is 4.90 Å². The molecular formula is C13H24N2O. The third-order valence-corrected chi connectivity index (χ3v) is 4.54. The van der Waals surface area contributed by atoms with E-state index in [0.717, 1.165) is 32.2 Å². The summed E-state index contributed by atoms with van der Waals surface area (Å²) >= 11 is 0. The predicted octanol–water partition coefficient (Wildman–Crippen LogP) is 1.76. The van der Waals surface area contributed by atoms with E-state index in [1.807, 2.05) is 0 Å². The summed E-state index contributed by atoms with van der Waals surface area (Å²) in [5, 5.41) is 0. The molecule has 92 valence electrons. The summed E-state index contributed by atoms with van der Waals surface area (Å²) in [5.74, 6) is 1.06. The molecule has 1 heterocycles. The minimum atomic E-state index is 0.104. The summed E-state index contributed by atoms with van der Waals surface area (Å²) in [5.41, 5.74) is 6.02. The van der Waals surface area contributed by atoms with Crippen molar-refractivity contribution in [2.75, 3.05) is 6.54 Å². The van der Waals surface area contributed by atoms with Crippen molar-refractivity contribution in [2.45, 2.75) is 58.0 Å². The largest absolute Gasteiger partial charge is 0.339 e. The maximum absolute atomic E-state index is 12.4. The zero-order valence-corrected chi connectivity index (χ0v) is 10.5. The molecule has 0 aromatic rings. The molecule has 0 aromatic carbocycles. The first-order chi connectivity index (χ1) is 7.61. The lowest BCUT2D eigenvalue weighted by atomic mass is 9.90. The molecule has 1 aliphatic heterocycles. The van der Waals surface area contributed by atoms with E-state index in [2.05, 4.69) is 18.7 Å². The second-order valence-electron chi connectivity index (χ2n) is 5.59. The zero-order valence-electron chi connectivity index (χ0n) is 10.5. The van der Waals surface area contributed by atoms with Gasteiger partial charge >= 0.3 is 0 Å². The fourth-order valence-corrected chi connectivity index (χ4v) is 3.15. The Morgan fingerprint density at radius 1 is 1.19 bits per heavy atom. The van der Waals surface area contributed by atoms with Crippen LogP contribution in [0.4, 0.5) is 0 Å². The van der Waals surface area contributed by atoms with Gasteiger partial charge in [0.05, 0.1) is 5.92 Å². The van der Waals surface area contributed by atoms with Crippen LogP contribution in [0.3, 0.4) is 0 Å². The number of piperidine rings is 1. The van der Waals surface area contributed by atoms with Crippen molar-refractivity contribution in [3.8, 4) is 0 Å². The first-order valence-electron chi connectivity index (χ1n) is 6.67. The Morgan fingerprint density at radius 3 is 2.56 bits per heavy atom. The predicted molar refractivity (Wildman–Crippen MR) is 64.9 cm³/mol. The van der Waals surface area contributed by atoms with Crippen LogP contribution >= 0.6 is 0 Å². The average Bonchev–Trinajstić information content (AvgIpc) is 2.68. The minimum absolute atomic E-state index is 0.104. The van der Waals surface area contributed by atoms with Crippen LogP contribution in [0, 0.1) is 11.8 Å². The van der Waals surface area contributed by atoms with Crippen LogP contribution in [0.5, 0.6) is 0 Å². The van der Waals surface area contributed by atoms with Crippen molar-refractivity contribution in [3.05, 3.63) is 0 Å². The summed E-state index contributed by atoms with van der Waals surface area (Å²) in [4.78, 5) is 14.5. The molecule has 3 heteroatoms. The van der Waals surface area contributed by atoms with Gasteiger partial charge in [-0.05, 0) is 38.5 Å². The molecule has 16 heavy (non-hydrogen) atoms. The molecule has 4 atom stereocenters. The summed E-state index contributed by atoms with van der Waals surface area (Å²) in [6.45, 7) is 5.37. The molecule has 0 spiro atoms. The van der Waals surface area contributed by atoms with Crippen LogP contribution in [0.15, 0.2) is 0 Å². The van der Waals surface area contributed by atoms with Gasteiger partial charge in [-0.15, -0.1) is 0 Å². The number of nitrogens with two attached hydrogens (primary N) is 1. The van der Waals surface area contributed by atoms with Gasteiger partial charge in [0, 0.05) is 18.6 Å². The Hall–Kier alpha value is -0.570. The fraction of sp³-hybridized carbons (Fsp3) is 0.923. The second-order valence-corrected chi connectivity index (χ2v) is 5.59. The van der Waals surface area contributed by atoms with Gasteiger partial charge in [-0.2, -0.15) is 0 Å². The van der Waals surface area contributed by atoms with Crippen molar-refractivity contribution < 1.29 is 4.79 Å².